The van der Waals surface area contributed by atoms with Gasteiger partial charge in [-0.15, -0.1) is 0 Å². The molecule has 1 saturated heterocycles. The zero-order valence-electron chi connectivity index (χ0n) is 8.73. The normalized spacial score (nSPS) is 25.0. The molecule has 0 saturated carbocycles. The molecule has 1 aromatic heterocycles. The Labute approximate surface area is 92.3 Å². The van der Waals surface area contributed by atoms with E-state index in [-0.39, 0.29) is 19.0 Å². The summed E-state index contributed by atoms with van der Waals surface area (Å²) >= 11 is 0. The van der Waals surface area contributed by atoms with Gasteiger partial charge in [0.25, 0.3) is 0 Å². The number of rotatable bonds is 3. The fraction of sp³-hybridized carbons (Fsp3) is 0.667. The second-order valence-electron chi connectivity index (χ2n) is 3.84. The largest absolute Gasteiger partial charge is 0.388 e. The summed E-state index contributed by atoms with van der Waals surface area (Å²) in [6.07, 6.45) is 1.60. The number of likely N-dealkylation sites (tertiary alicyclic amines) is 1. The minimum atomic E-state index is -0.824. The van der Waals surface area contributed by atoms with Crippen LogP contribution >= 0.6 is 0 Å². The predicted octanol–water partition coefficient (Wildman–Crippen LogP) is -1.77. The number of amides is 1. The van der Waals surface area contributed by atoms with Crippen molar-refractivity contribution in [3.8, 4) is 0 Å². The van der Waals surface area contributed by atoms with E-state index in [9.17, 15) is 15.0 Å². The highest BCUT2D eigenvalue weighted by Crippen LogP contribution is 2.11. The van der Waals surface area contributed by atoms with E-state index in [1.54, 1.807) is 11.0 Å². The van der Waals surface area contributed by atoms with Crippen molar-refractivity contribution < 1.29 is 15.0 Å². The summed E-state index contributed by atoms with van der Waals surface area (Å²) in [5.41, 5.74) is 0. The van der Waals surface area contributed by atoms with Crippen LogP contribution in [0.3, 0.4) is 0 Å². The first kappa shape index (κ1) is 11.0. The molecule has 1 aromatic rings. The van der Waals surface area contributed by atoms with Crippen molar-refractivity contribution >= 4 is 5.91 Å². The van der Waals surface area contributed by atoms with Crippen molar-refractivity contribution in [3.05, 3.63) is 12.7 Å². The van der Waals surface area contributed by atoms with Gasteiger partial charge in [-0.25, -0.2) is 4.98 Å². The van der Waals surface area contributed by atoms with Crippen LogP contribution in [0.25, 0.3) is 0 Å². The van der Waals surface area contributed by atoms with Crippen LogP contribution in [0.1, 0.15) is 6.42 Å². The third-order valence-corrected chi connectivity index (χ3v) is 2.63. The van der Waals surface area contributed by atoms with E-state index in [0.29, 0.717) is 13.0 Å². The van der Waals surface area contributed by atoms with Gasteiger partial charge in [-0.3, -0.25) is 9.48 Å². The molecule has 0 spiro atoms. The maximum absolute atomic E-state index is 11.7. The van der Waals surface area contributed by atoms with Crippen molar-refractivity contribution in [2.45, 2.75) is 25.2 Å². The maximum Gasteiger partial charge on any atom is 0.224 e. The summed E-state index contributed by atoms with van der Waals surface area (Å²) in [7, 11) is 0. The molecule has 2 heterocycles. The quantitative estimate of drug-likeness (QED) is 0.636. The molecule has 1 fully saturated rings. The molecule has 0 bridgehead atoms. The summed E-state index contributed by atoms with van der Waals surface area (Å²) in [5.74, 6) is -0.0916. The first-order valence-electron chi connectivity index (χ1n) is 5.13. The second-order valence-corrected chi connectivity index (χ2v) is 3.84. The van der Waals surface area contributed by atoms with Crippen LogP contribution in [0.2, 0.25) is 0 Å². The lowest BCUT2D eigenvalue weighted by molar-refractivity contribution is -0.131. The number of aliphatic hydroxyl groups is 2. The van der Waals surface area contributed by atoms with Crippen LogP contribution < -0.4 is 0 Å². The molecule has 2 N–H and O–H groups in total. The number of carbonyl (C=O) groups excluding carboxylic acids is 1. The average molecular weight is 226 g/mol. The SMILES string of the molecule is O=C(CCn1cncn1)N1C[C@@H](O)[C@@H](O)C1. The minimum Gasteiger partial charge on any atom is -0.388 e. The van der Waals surface area contributed by atoms with Crippen LogP contribution in [0.4, 0.5) is 0 Å². The molecule has 88 valence electrons. The number of aryl methyl sites for hydroxylation is 1. The van der Waals surface area contributed by atoms with E-state index in [1.807, 2.05) is 0 Å². The molecule has 1 amide bonds. The van der Waals surface area contributed by atoms with E-state index in [2.05, 4.69) is 10.1 Å². The molecule has 0 aliphatic carbocycles. The lowest BCUT2D eigenvalue weighted by Crippen LogP contribution is -2.30. The lowest BCUT2D eigenvalue weighted by atomic mass is 10.3. The molecule has 1 aliphatic heterocycles. The Hall–Kier alpha value is -1.47. The number of β-amino-alcohol motifs (C(OH)–C–C–N with tert-alkyl or cyclic N) is 2. The van der Waals surface area contributed by atoms with E-state index in [1.165, 1.54) is 11.2 Å². The van der Waals surface area contributed by atoms with Gasteiger partial charge in [0.05, 0.1) is 18.8 Å². The van der Waals surface area contributed by atoms with Gasteiger partial charge in [0.1, 0.15) is 12.7 Å². The van der Waals surface area contributed by atoms with Crippen molar-refractivity contribution in [3.63, 3.8) is 0 Å². The third-order valence-electron chi connectivity index (χ3n) is 2.63. The van der Waals surface area contributed by atoms with E-state index >= 15 is 0 Å². The number of aliphatic hydroxyl groups excluding tert-OH is 2. The van der Waals surface area contributed by atoms with Gasteiger partial charge < -0.3 is 15.1 Å². The standard InChI is InChI=1S/C9H14N4O3/c14-7-3-12(4-8(7)15)9(16)1-2-13-6-10-5-11-13/h5-8,14-15H,1-4H2/t7-,8+. The van der Waals surface area contributed by atoms with Gasteiger partial charge in [0.2, 0.25) is 5.91 Å². The van der Waals surface area contributed by atoms with Gasteiger partial charge in [-0.2, -0.15) is 5.10 Å². The van der Waals surface area contributed by atoms with Gasteiger partial charge >= 0.3 is 0 Å². The summed E-state index contributed by atoms with van der Waals surface area (Å²) in [6.45, 7) is 0.871. The van der Waals surface area contributed by atoms with Gasteiger partial charge in [-0.1, -0.05) is 0 Å². The molecule has 1 aliphatic rings. The Morgan fingerprint density at radius 2 is 2.06 bits per heavy atom. The topological polar surface area (TPSA) is 91.5 Å². The molecule has 16 heavy (non-hydrogen) atoms. The summed E-state index contributed by atoms with van der Waals surface area (Å²) in [5, 5.41) is 22.5. The molecular formula is C9H14N4O3. The highest BCUT2D eigenvalue weighted by molar-refractivity contribution is 5.76. The summed E-state index contributed by atoms with van der Waals surface area (Å²) in [6, 6.07) is 0. The van der Waals surface area contributed by atoms with E-state index in [4.69, 9.17) is 0 Å². The molecule has 2 atom stereocenters. The summed E-state index contributed by atoms with van der Waals surface area (Å²) < 4.78 is 1.57. The zero-order chi connectivity index (χ0) is 11.5. The van der Waals surface area contributed by atoms with Crippen LogP contribution in [0.15, 0.2) is 12.7 Å². The van der Waals surface area contributed by atoms with Crippen LogP contribution in [0, 0.1) is 0 Å². The number of aromatic nitrogens is 3. The fourth-order valence-electron chi connectivity index (χ4n) is 1.69. The zero-order valence-corrected chi connectivity index (χ0v) is 8.73. The Morgan fingerprint density at radius 3 is 2.62 bits per heavy atom. The number of carbonyl (C=O) groups is 1. The number of hydrogen-bond donors (Lipinski definition) is 2. The van der Waals surface area contributed by atoms with Gasteiger partial charge in [0.15, 0.2) is 0 Å². The van der Waals surface area contributed by atoms with Crippen molar-refractivity contribution in [2.24, 2.45) is 0 Å². The molecule has 7 nitrogen and oxygen atoms in total. The van der Waals surface area contributed by atoms with Crippen LogP contribution in [-0.2, 0) is 11.3 Å². The highest BCUT2D eigenvalue weighted by Gasteiger charge is 2.32. The van der Waals surface area contributed by atoms with Gasteiger partial charge in [0, 0.05) is 19.5 Å². The molecule has 0 radical (unpaired) electrons. The molecular weight excluding hydrogens is 212 g/mol. The van der Waals surface area contributed by atoms with Gasteiger partial charge in [-0.05, 0) is 0 Å². The maximum atomic E-state index is 11.7. The van der Waals surface area contributed by atoms with Crippen molar-refractivity contribution in [1.29, 1.82) is 0 Å². The first-order valence-corrected chi connectivity index (χ1v) is 5.13. The van der Waals surface area contributed by atoms with Crippen LogP contribution in [-0.4, -0.2) is 61.1 Å². The number of nitrogens with zero attached hydrogens (tertiary/aromatic N) is 4. The van der Waals surface area contributed by atoms with E-state index in [0.717, 1.165) is 0 Å². The highest BCUT2D eigenvalue weighted by atomic mass is 16.3. The summed E-state index contributed by atoms with van der Waals surface area (Å²) in [4.78, 5) is 16.9. The Kier molecular flexibility index (Phi) is 3.16. The minimum absolute atomic E-state index is 0.0916. The van der Waals surface area contributed by atoms with Crippen LogP contribution in [0.5, 0.6) is 0 Å². The smallest absolute Gasteiger partial charge is 0.224 e. The number of hydrogen-bond acceptors (Lipinski definition) is 5. The van der Waals surface area contributed by atoms with Crippen molar-refractivity contribution in [2.75, 3.05) is 13.1 Å². The Morgan fingerprint density at radius 1 is 1.38 bits per heavy atom. The predicted molar refractivity (Wildman–Crippen MR) is 53.2 cm³/mol. The molecule has 2 rings (SSSR count). The molecule has 7 heteroatoms. The second kappa shape index (κ2) is 4.58. The monoisotopic (exact) mass is 226 g/mol. The molecule has 0 unspecified atom stereocenters. The molecule has 0 aromatic carbocycles. The fourth-order valence-corrected chi connectivity index (χ4v) is 1.69. The Bertz CT molecular complexity index is 344. The average Bonchev–Trinajstić information content (AvgIpc) is 2.86. The third kappa shape index (κ3) is 2.37. The first-order chi connectivity index (χ1) is 7.66. The lowest BCUT2D eigenvalue weighted by Gasteiger charge is -2.14. The van der Waals surface area contributed by atoms with Crippen molar-refractivity contribution in [1.82, 2.24) is 19.7 Å². The van der Waals surface area contributed by atoms with E-state index < -0.39 is 12.2 Å². The Balaban J connectivity index is 1.80.